The molecule has 1 aliphatic heterocycles. The third-order valence-corrected chi connectivity index (χ3v) is 6.34. The highest BCUT2D eigenvalue weighted by atomic mass is 16.5. The number of aromatic nitrogens is 2. The molecular weight excluding hydrogens is 380 g/mol. The normalized spacial score (nSPS) is 20.0. The molecule has 1 saturated heterocycles. The molecule has 0 bridgehead atoms. The molecule has 4 rings (SSSR count). The second-order valence-corrected chi connectivity index (χ2v) is 8.52. The average Bonchev–Trinajstić information content (AvgIpc) is 3.45. The van der Waals surface area contributed by atoms with Crippen molar-refractivity contribution in [2.75, 3.05) is 19.6 Å². The van der Waals surface area contributed by atoms with Crippen LogP contribution in [0, 0.1) is 5.92 Å². The van der Waals surface area contributed by atoms with E-state index in [2.05, 4.69) is 10.1 Å². The van der Waals surface area contributed by atoms with Crippen molar-refractivity contribution in [3.63, 3.8) is 0 Å². The van der Waals surface area contributed by atoms with Gasteiger partial charge in [0.1, 0.15) is 0 Å². The molecule has 7 heteroatoms. The van der Waals surface area contributed by atoms with Crippen molar-refractivity contribution in [3.8, 4) is 11.5 Å². The van der Waals surface area contributed by atoms with E-state index in [0.717, 1.165) is 17.9 Å². The van der Waals surface area contributed by atoms with Crippen LogP contribution in [0.15, 0.2) is 34.9 Å². The van der Waals surface area contributed by atoms with E-state index in [1.165, 1.54) is 25.7 Å². The quantitative estimate of drug-likeness (QED) is 0.730. The van der Waals surface area contributed by atoms with Crippen molar-refractivity contribution < 1.29 is 14.1 Å². The average molecular weight is 411 g/mol. The van der Waals surface area contributed by atoms with Crippen LogP contribution in [0.2, 0.25) is 0 Å². The van der Waals surface area contributed by atoms with Gasteiger partial charge in [-0.25, -0.2) is 0 Å². The first-order valence-electron chi connectivity index (χ1n) is 11.1. The van der Waals surface area contributed by atoms with Gasteiger partial charge in [0.25, 0.3) is 5.89 Å². The Morgan fingerprint density at radius 3 is 2.60 bits per heavy atom. The number of carbonyl (C=O) groups is 2. The number of carbonyl (C=O) groups excluding carboxylic acids is 2. The van der Waals surface area contributed by atoms with Crippen molar-refractivity contribution >= 4 is 11.8 Å². The monoisotopic (exact) mass is 410 g/mol. The molecule has 30 heavy (non-hydrogen) atoms. The SMILES string of the molecule is C[C@H]1CN(C(=O)Cc2noc(-c3ccccc3)n2)CCN1C(=O)CCC1CCCC1. The Kier molecular flexibility index (Phi) is 6.45. The van der Waals surface area contributed by atoms with Gasteiger partial charge in [0, 0.05) is 37.7 Å². The van der Waals surface area contributed by atoms with Crippen molar-refractivity contribution in [1.29, 1.82) is 0 Å². The van der Waals surface area contributed by atoms with Gasteiger partial charge in [-0.2, -0.15) is 4.98 Å². The van der Waals surface area contributed by atoms with Gasteiger partial charge < -0.3 is 14.3 Å². The molecule has 2 aliphatic rings. The molecule has 2 heterocycles. The maximum Gasteiger partial charge on any atom is 0.257 e. The molecule has 0 radical (unpaired) electrons. The van der Waals surface area contributed by atoms with Crippen molar-refractivity contribution in [3.05, 3.63) is 36.2 Å². The fourth-order valence-electron chi connectivity index (χ4n) is 4.60. The molecule has 2 fully saturated rings. The Balaban J connectivity index is 1.27. The summed E-state index contributed by atoms with van der Waals surface area (Å²) in [5, 5.41) is 3.95. The fourth-order valence-corrected chi connectivity index (χ4v) is 4.60. The van der Waals surface area contributed by atoms with Gasteiger partial charge in [0.15, 0.2) is 5.82 Å². The molecule has 1 aromatic heterocycles. The summed E-state index contributed by atoms with van der Waals surface area (Å²) in [6.07, 6.45) is 6.91. The Bertz CT molecular complexity index is 860. The van der Waals surface area contributed by atoms with Gasteiger partial charge in [0.2, 0.25) is 11.8 Å². The van der Waals surface area contributed by atoms with E-state index in [4.69, 9.17) is 4.52 Å². The van der Waals surface area contributed by atoms with Gasteiger partial charge in [-0.1, -0.05) is 49.0 Å². The highest BCUT2D eigenvalue weighted by molar-refractivity contribution is 5.80. The molecule has 1 aromatic carbocycles. The zero-order chi connectivity index (χ0) is 20.9. The van der Waals surface area contributed by atoms with Crippen molar-refractivity contribution in [1.82, 2.24) is 19.9 Å². The molecule has 2 aromatic rings. The Hall–Kier alpha value is -2.70. The van der Waals surface area contributed by atoms with Crippen molar-refractivity contribution in [2.24, 2.45) is 5.92 Å². The first-order chi connectivity index (χ1) is 14.6. The van der Waals surface area contributed by atoms with E-state index in [0.29, 0.717) is 37.8 Å². The van der Waals surface area contributed by atoms with Crippen molar-refractivity contribution in [2.45, 2.75) is 57.9 Å². The number of hydrogen-bond donors (Lipinski definition) is 0. The van der Waals surface area contributed by atoms with Crippen LogP contribution in [0.1, 0.15) is 51.3 Å². The first kappa shape index (κ1) is 20.6. The summed E-state index contributed by atoms with van der Waals surface area (Å²) < 4.78 is 5.29. The number of amides is 2. The number of piperazine rings is 1. The lowest BCUT2D eigenvalue weighted by Gasteiger charge is -2.40. The van der Waals surface area contributed by atoms with E-state index < -0.39 is 0 Å². The zero-order valence-electron chi connectivity index (χ0n) is 17.6. The highest BCUT2D eigenvalue weighted by Gasteiger charge is 2.30. The highest BCUT2D eigenvalue weighted by Crippen LogP contribution is 2.29. The molecule has 0 unspecified atom stereocenters. The standard InChI is InChI=1S/C23H30N4O3/c1-17-16-26(13-14-27(17)21(28)12-11-18-7-5-6-8-18)22(29)15-20-24-23(30-25-20)19-9-3-2-4-10-19/h2-4,9-10,17-18H,5-8,11-16H2,1H3/t17-/m0/s1. The molecule has 1 saturated carbocycles. The lowest BCUT2D eigenvalue weighted by Crippen LogP contribution is -2.55. The van der Waals surface area contributed by atoms with Crippen LogP contribution in [0.4, 0.5) is 0 Å². The maximum absolute atomic E-state index is 12.7. The molecule has 0 N–H and O–H groups in total. The van der Waals surface area contributed by atoms with Gasteiger partial charge in [-0.15, -0.1) is 0 Å². The second kappa shape index (κ2) is 9.41. The summed E-state index contributed by atoms with van der Waals surface area (Å²) >= 11 is 0. The number of hydrogen-bond acceptors (Lipinski definition) is 5. The lowest BCUT2D eigenvalue weighted by atomic mass is 10.0. The smallest absolute Gasteiger partial charge is 0.257 e. The van der Waals surface area contributed by atoms with Crippen LogP contribution in [-0.4, -0.2) is 57.4 Å². The molecule has 1 aliphatic carbocycles. The molecule has 1 atom stereocenters. The number of nitrogens with zero attached hydrogens (tertiary/aromatic N) is 4. The molecule has 160 valence electrons. The van der Waals surface area contributed by atoms with E-state index in [9.17, 15) is 9.59 Å². The minimum Gasteiger partial charge on any atom is -0.338 e. The minimum absolute atomic E-state index is 0.0275. The predicted octanol–water partition coefficient (Wildman–Crippen LogP) is 3.31. The summed E-state index contributed by atoms with van der Waals surface area (Å²) in [6.45, 7) is 3.73. The molecule has 2 amide bonds. The van der Waals surface area contributed by atoms with Crippen LogP contribution in [0.3, 0.4) is 0 Å². The van der Waals surface area contributed by atoms with Gasteiger partial charge in [-0.05, 0) is 31.4 Å². The Morgan fingerprint density at radius 2 is 1.87 bits per heavy atom. The van der Waals surface area contributed by atoms with Crippen LogP contribution in [0.25, 0.3) is 11.5 Å². The van der Waals surface area contributed by atoms with Crippen LogP contribution in [0.5, 0.6) is 0 Å². The third kappa shape index (κ3) is 4.89. The van der Waals surface area contributed by atoms with Gasteiger partial charge in [0.05, 0.1) is 6.42 Å². The zero-order valence-corrected chi connectivity index (χ0v) is 17.6. The predicted molar refractivity (Wildman–Crippen MR) is 112 cm³/mol. The summed E-state index contributed by atoms with van der Waals surface area (Å²) in [6, 6.07) is 9.54. The van der Waals surface area contributed by atoms with Crippen LogP contribution < -0.4 is 0 Å². The molecular formula is C23H30N4O3. The fraction of sp³-hybridized carbons (Fsp3) is 0.565. The summed E-state index contributed by atoms with van der Waals surface area (Å²) in [7, 11) is 0. The third-order valence-electron chi connectivity index (χ3n) is 6.34. The minimum atomic E-state index is -0.0275. The Labute approximate surface area is 177 Å². The van der Waals surface area contributed by atoms with E-state index in [1.54, 1.807) is 0 Å². The van der Waals surface area contributed by atoms with E-state index >= 15 is 0 Å². The second-order valence-electron chi connectivity index (χ2n) is 8.52. The topological polar surface area (TPSA) is 79.5 Å². The summed E-state index contributed by atoms with van der Waals surface area (Å²) in [4.78, 5) is 33.5. The molecule has 0 spiro atoms. The largest absolute Gasteiger partial charge is 0.338 e. The number of rotatable bonds is 6. The van der Waals surface area contributed by atoms with E-state index in [-0.39, 0.29) is 24.3 Å². The first-order valence-corrected chi connectivity index (χ1v) is 11.1. The van der Waals surface area contributed by atoms with Gasteiger partial charge in [-0.3, -0.25) is 9.59 Å². The molecule has 7 nitrogen and oxygen atoms in total. The van der Waals surface area contributed by atoms with Crippen LogP contribution in [-0.2, 0) is 16.0 Å². The summed E-state index contributed by atoms with van der Waals surface area (Å²) in [5.74, 6) is 1.74. The van der Waals surface area contributed by atoms with E-state index in [1.807, 2.05) is 47.1 Å². The lowest BCUT2D eigenvalue weighted by molar-refractivity contribution is -0.142. The number of benzene rings is 1. The maximum atomic E-state index is 12.7. The van der Waals surface area contributed by atoms with Crippen LogP contribution >= 0.6 is 0 Å². The van der Waals surface area contributed by atoms with Gasteiger partial charge >= 0.3 is 0 Å². The Morgan fingerprint density at radius 1 is 1.10 bits per heavy atom. The summed E-state index contributed by atoms with van der Waals surface area (Å²) in [5.41, 5.74) is 0.835.